The number of ether oxygens (including phenoxy) is 1. The summed E-state index contributed by atoms with van der Waals surface area (Å²) >= 11 is 0. The van der Waals surface area contributed by atoms with Crippen LogP contribution in [0.1, 0.15) is 6.42 Å². The SMILES string of the molecule is CNC(=O)C[C@@H]1CN(c2cnccn2)C[C@@H]1OC. The van der Waals surface area contributed by atoms with Crippen molar-refractivity contribution < 1.29 is 9.53 Å². The molecule has 1 aromatic rings. The molecule has 2 heterocycles. The standard InChI is InChI=1S/C12H18N4O2/c1-13-12(17)5-9-7-16(8-10(9)18-2)11-6-14-3-4-15-11/h3-4,6,9-10H,5,7-8H2,1-2H3,(H,13,17)/t9-,10+/m1/s1. The summed E-state index contributed by atoms with van der Waals surface area (Å²) in [5.41, 5.74) is 0. The van der Waals surface area contributed by atoms with Crippen LogP contribution in [-0.2, 0) is 9.53 Å². The van der Waals surface area contributed by atoms with Gasteiger partial charge in [-0.3, -0.25) is 9.78 Å². The molecular formula is C12H18N4O2. The Hall–Kier alpha value is -1.69. The lowest BCUT2D eigenvalue weighted by Crippen LogP contribution is -2.28. The van der Waals surface area contributed by atoms with Gasteiger partial charge in [0.2, 0.25) is 5.91 Å². The molecule has 1 saturated heterocycles. The van der Waals surface area contributed by atoms with Gasteiger partial charge in [-0.05, 0) is 0 Å². The van der Waals surface area contributed by atoms with Gasteiger partial charge in [-0.2, -0.15) is 0 Å². The molecule has 98 valence electrons. The number of carbonyl (C=O) groups excluding carboxylic acids is 1. The lowest BCUT2D eigenvalue weighted by atomic mass is 10.0. The van der Waals surface area contributed by atoms with Crippen molar-refractivity contribution in [3.05, 3.63) is 18.6 Å². The van der Waals surface area contributed by atoms with Crippen molar-refractivity contribution in [1.29, 1.82) is 0 Å². The van der Waals surface area contributed by atoms with Gasteiger partial charge in [0, 0.05) is 52.0 Å². The maximum Gasteiger partial charge on any atom is 0.220 e. The Balaban J connectivity index is 2.04. The predicted octanol–water partition coefficient (Wildman–Crippen LogP) is 0.0639. The summed E-state index contributed by atoms with van der Waals surface area (Å²) in [4.78, 5) is 21.9. The second-order valence-corrected chi connectivity index (χ2v) is 4.38. The van der Waals surface area contributed by atoms with Gasteiger partial charge in [-0.25, -0.2) is 4.98 Å². The predicted molar refractivity (Wildman–Crippen MR) is 67.2 cm³/mol. The van der Waals surface area contributed by atoms with Crippen LogP contribution >= 0.6 is 0 Å². The summed E-state index contributed by atoms with van der Waals surface area (Å²) in [6.07, 6.45) is 5.59. The number of rotatable bonds is 4. The van der Waals surface area contributed by atoms with Crippen molar-refractivity contribution in [2.24, 2.45) is 5.92 Å². The molecular weight excluding hydrogens is 232 g/mol. The Kier molecular flexibility index (Phi) is 4.09. The normalized spacial score (nSPS) is 23.1. The van der Waals surface area contributed by atoms with Gasteiger partial charge in [-0.1, -0.05) is 0 Å². The zero-order valence-electron chi connectivity index (χ0n) is 10.7. The van der Waals surface area contributed by atoms with Crippen molar-refractivity contribution in [2.45, 2.75) is 12.5 Å². The Bertz CT molecular complexity index is 398. The highest BCUT2D eigenvalue weighted by Crippen LogP contribution is 2.25. The largest absolute Gasteiger partial charge is 0.379 e. The molecule has 1 aliphatic rings. The Morgan fingerprint density at radius 3 is 3.00 bits per heavy atom. The maximum atomic E-state index is 11.5. The molecule has 6 nitrogen and oxygen atoms in total. The fourth-order valence-corrected chi connectivity index (χ4v) is 2.29. The van der Waals surface area contributed by atoms with E-state index in [1.54, 1.807) is 32.7 Å². The molecule has 0 bridgehead atoms. The molecule has 1 N–H and O–H groups in total. The van der Waals surface area contributed by atoms with Gasteiger partial charge in [0.25, 0.3) is 0 Å². The molecule has 0 radical (unpaired) electrons. The monoisotopic (exact) mass is 250 g/mol. The molecule has 0 aliphatic carbocycles. The fourth-order valence-electron chi connectivity index (χ4n) is 2.29. The molecule has 0 unspecified atom stereocenters. The molecule has 6 heteroatoms. The van der Waals surface area contributed by atoms with Crippen molar-refractivity contribution in [3.63, 3.8) is 0 Å². The Morgan fingerprint density at radius 2 is 2.39 bits per heavy atom. The van der Waals surface area contributed by atoms with Gasteiger partial charge >= 0.3 is 0 Å². The van der Waals surface area contributed by atoms with E-state index in [2.05, 4.69) is 20.2 Å². The number of nitrogens with zero attached hydrogens (tertiary/aromatic N) is 3. The third kappa shape index (κ3) is 2.76. The number of methoxy groups -OCH3 is 1. The van der Waals surface area contributed by atoms with Gasteiger partial charge in [0.15, 0.2) is 0 Å². The van der Waals surface area contributed by atoms with Crippen LogP contribution in [0.25, 0.3) is 0 Å². The lowest BCUT2D eigenvalue weighted by molar-refractivity contribution is -0.122. The average Bonchev–Trinajstić information content (AvgIpc) is 2.82. The molecule has 2 rings (SSSR count). The Morgan fingerprint density at radius 1 is 1.56 bits per heavy atom. The maximum absolute atomic E-state index is 11.5. The van der Waals surface area contributed by atoms with E-state index in [0.29, 0.717) is 6.42 Å². The third-order valence-corrected chi connectivity index (χ3v) is 3.28. The topological polar surface area (TPSA) is 67.4 Å². The number of anilines is 1. The minimum atomic E-state index is 0.0445. The van der Waals surface area contributed by atoms with Crippen LogP contribution in [0.15, 0.2) is 18.6 Å². The average molecular weight is 250 g/mol. The summed E-state index contributed by atoms with van der Waals surface area (Å²) in [5, 5.41) is 2.65. The minimum Gasteiger partial charge on any atom is -0.379 e. The number of hydrogen-bond acceptors (Lipinski definition) is 5. The second-order valence-electron chi connectivity index (χ2n) is 4.38. The van der Waals surface area contributed by atoms with E-state index in [4.69, 9.17) is 4.74 Å². The first-order valence-electron chi connectivity index (χ1n) is 5.99. The summed E-state index contributed by atoms with van der Waals surface area (Å²) < 4.78 is 5.45. The molecule has 18 heavy (non-hydrogen) atoms. The van der Waals surface area contributed by atoms with E-state index in [-0.39, 0.29) is 17.9 Å². The fraction of sp³-hybridized carbons (Fsp3) is 0.583. The van der Waals surface area contributed by atoms with Crippen LogP contribution in [0.3, 0.4) is 0 Å². The van der Waals surface area contributed by atoms with Crippen LogP contribution < -0.4 is 10.2 Å². The van der Waals surface area contributed by atoms with Crippen molar-refractivity contribution in [2.75, 3.05) is 32.1 Å². The van der Waals surface area contributed by atoms with Crippen LogP contribution in [0.4, 0.5) is 5.82 Å². The quantitative estimate of drug-likeness (QED) is 0.818. The zero-order valence-corrected chi connectivity index (χ0v) is 10.7. The summed E-state index contributed by atoms with van der Waals surface area (Å²) in [6, 6.07) is 0. The first-order chi connectivity index (χ1) is 8.74. The van der Waals surface area contributed by atoms with Crippen LogP contribution in [-0.4, -0.2) is 49.2 Å². The lowest BCUT2D eigenvalue weighted by Gasteiger charge is -2.15. The van der Waals surface area contributed by atoms with Crippen molar-refractivity contribution >= 4 is 11.7 Å². The summed E-state index contributed by atoms with van der Waals surface area (Å²) in [7, 11) is 3.33. The molecule has 0 spiro atoms. The van der Waals surface area contributed by atoms with E-state index < -0.39 is 0 Å². The zero-order chi connectivity index (χ0) is 13.0. The smallest absolute Gasteiger partial charge is 0.220 e. The molecule has 1 aromatic heterocycles. The van der Waals surface area contributed by atoms with Gasteiger partial charge < -0.3 is 15.0 Å². The summed E-state index contributed by atoms with van der Waals surface area (Å²) in [6.45, 7) is 1.52. The number of nitrogens with one attached hydrogen (secondary N) is 1. The van der Waals surface area contributed by atoms with Crippen LogP contribution in [0, 0.1) is 5.92 Å². The number of carbonyl (C=O) groups is 1. The van der Waals surface area contributed by atoms with Gasteiger partial charge in [0.05, 0.1) is 12.3 Å². The van der Waals surface area contributed by atoms with Crippen LogP contribution in [0.2, 0.25) is 0 Å². The number of aromatic nitrogens is 2. The van der Waals surface area contributed by atoms with Gasteiger partial charge in [-0.15, -0.1) is 0 Å². The van der Waals surface area contributed by atoms with Crippen molar-refractivity contribution in [3.8, 4) is 0 Å². The van der Waals surface area contributed by atoms with Crippen molar-refractivity contribution in [1.82, 2.24) is 15.3 Å². The molecule has 0 aromatic carbocycles. The molecule has 2 atom stereocenters. The first-order valence-corrected chi connectivity index (χ1v) is 5.99. The summed E-state index contributed by atoms with van der Waals surface area (Å²) in [5.74, 6) is 1.07. The highest BCUT2D eigenvalue weighted by Gasteiger charge is 2.34. The number of amides is 1. The minimum absolute atomic E-state index is 0.0445. The van der Waals surface area contributed by atoms with E-state index in [1.165, 1.54) is 0 Å². The van der Waals surface area contributed by atoms with Gasteiger partial charge in [0.1, 0.15) is 5.82 Å². The molecule has 0 saturated carbocycles. The highest BCUT2D eigenvalue weighted by molar-refractivity contribution is 5.76. The first kappa shape index (κ1) is 12.8. The molecule has 1 aliphatic heterocycles. The highest BCUT2D eigenvalue weighted by atomic mass is 16.5. The number of hydrogen-bond donors (Lipinski definition) is 1. The molecule has 1 amide bonds. The van der Waals surface area contributed by atoms with Crippen LogP contribution in [0.5, 0.6) is 0 Å². The van der Waals surface area contributed by atoms with E-state index in [9.17, 15) is 4.79 Å². The van der Waals surface area contributed by atoms with E-state index >= 15 is 0 Å². The molecule has 1 fully saturated rings. The van der Waals surface area contributed by atoms with E-state index in [1.807, 2.05) is 0 Å². The third-order valence-electron chi connectivity index (χ3n) is 3.28. The van der Waals surface area contributed by atoms with E-state index in [0.717, 1.165) is 18.9 Å². The second kappa shape index (κ2) is 5.77. The Labute approximate surface area is 106 Å².